The first-order valence-corrected chi connectivity index (χ1v) is 7.78. The fourth-order valence-electron chi connectivity index (χ4n) is 2.80. The lowest BCUT2D eigenvalue weighted by Gasteiger charge is -2.18. The smallest absolute Gasteiger partial charge is 0.292 e. The number of benzene rings is 1. The molecule has 24 heavy (non-hydrogen) atoms. The summed E-state index contributed by atoms with van der Waals surface area (Å²) in [6.45, 7) is -0.206. The number of nitro benzene ring substituents is 1. The molecule has 0 radical (unpaired) electrons. The highest BCUT2D eigenvalue weighted by Crippen LogP contribution is 2.28. The second-order valence-corrected chi connectivity index (χ2v) is 5.55. The van der Waals surface area contributed by atoms with Crippen molar-refractivity contribution in [2.45, 2.75) is 25.7 Å². The fourth-order valence-corrected chi connectivity index (χ4v) is 2.80. The number of nitrogens with one attached hydrogen (secondary N) is 1. The minimum Gasteiger partial charge on any atom is -0.483 e. The molecule has 1 aromatic carbocycles. The lowest BCUT2D eigenvalue weighted by Crippen LogP contribution is -2.21. The lowest BCUT2D eigenvalue weighted by atomic mass is 9.95. The van der Waals surface area contributed by atoms with Crippen LogP contribution in [0.15, 0.2) is 36.5 Å². The summed E-state index contributed by atoms with van der Waals surface area (Å²) in [6.07, 6.45) is 5.69. The quantitative estimate of drug-likeness (QED) is 0.673. The Morgan fingerprint density at radius 2 is 2.04 bits per heavy atom. The largest absolute Gasteiger partial charge is 0.483 e. The zero-order valence-electron chi connectivity index (χ0n) is 13.0. The molecule has 0 saturated heterocycles. The van der Waals surface area contributed by atoms with Gasteiger partial charge in [0.2, 0.25) is 0 Å². The molecule has 3 rings (SSSR count). The normalized spacial score (nSPS) is 13.0. The van der Waals surface area contributed by atoms with Gasteiger partial charge in [-0.2, -0.15) is 0 Å². The van der Waals surface area contributed by atoms with Gasteiger partial charge in [-0.1, -0.05) is 12.1 Å². The summed E-state index contributed by atoms with van der Waals surface area (Å²) in [5.41, 5.74) is 2.10. The number of hydrogen-bond donors (Lipinski definition) is 1. The molecule has 2 aromatic rings. The third-order valence-electron chi connectivity index (χ3n) is 3.93. The maximum absolute atomic E-state index is 12.1. The van der Waals surface area contributed by atoms with E-state index < -0.39 is 10.8 Å². The summed E-state index contributed by atoms with van der Waals surface area (Å²) < 4.78 is 5.62. The summed E-state index contributed by atoms with van der Waals surface area (Å²) in [5, 5.41) is 13.5. The minimum atomic E-state index is -0.532. The van der Waals surface area contributed by atoms with Gasteiger partial charge in [0, 0.05) is 23.5 Å². The predicted molar refractivity (Wildman–Crippen MR) is 88.1 cm³/mol. The Bertz CT molecular complexity index is 776. The van der Waals surface area contributed by atoms with Gasteiger partial charge in [-0.3, -0.25) is 19.9 Å². The average Bonchev–Trinajstić information content (AvgIpc) is 2.60. The third kappa shape index (κ3) is 3.51. The average molecular weight is 327 g/mol. The zero-order valence-corrected chi connectivity index (χ0v) is 13.0. The number of rotatable bonds is 5. The Morgan fingerprint density at radius 3 is 2.88 bits per heavy atom. The molecule has 7 nitrogen and oxygen atoms in total. The van der Waals surface area contributed by atoms with Crippen LogP contribution in [0.5, 0.6) is 5.75 Å². The maximum Gasteiger partial charge on any atom is 0.292 e. The molecule has 0 saturated carbocycles. The molecule has 7 heteroatoms. The van der Waals surface area contributed by atoms with Crippen molar-refractivity contribution in [2.24, 2.45) is 0 Å². The SMILES string of the molecule is O=C(COc1ccnc2c1CCCC2)Nc1ccccc1[N+](=O)[O-]. The van der Waals surface area contributed by atoms with Crippen molar-refractivity contribution in [2.75, 3.05) is 11.9 Å². The predicted octanol–water partition coefficient (Wildman–Crippen LogP) is 2.89. The first kappa shape index (κ1) is 15.9. The van der Waals surface area contributed by atoms with Gasteiger partial charge >= 0.3 is 0 Å². The van der Waals surface area contributed by atoms with Crippen LogP contribution >= 0.6 is 0 Å². The Morgan fingerprint density at radius 1 is 1.25 bits per heavy atom. The molecular weight excluding hydrogens is 310 g/mol. The summed E-state index contributed by atoms with van der Waals surface area (Å²) in [6, 6.07) is 7.76. The van der Waals surface area contributed by atoms with E-state index in [1.165, 1.54) is 12.1 Å². The van der Waals surface area contributed by atoms with Gasteiger partial charge < -0.3 is 10.1 Å². The molecule has 1 aromatic heterocycles. The van der Waals surface area contributed by atoms with Gasteiger partial charge in [-0.15, -0.1) is 0 Å². The molecule has 1 heterocycles. The molecule has 0 spiro atoms. The van der Waals surface area contributed by atoms with Crippen molar-refractivity contribution >= 4 is 17.3 Å². The first-order valence-electron chi connectivity index (χ1n) is 7.78. The summed E-state index contributed by atoms with van der Waals surface area (Å²) in [7, 11) is 0. The van der Waals surface area contributed by atoms with E-state index in [2.05, 4.69) is 10.3 Å². The number of ether oxygens (including phenoxy) is 1. The van der Waals surface area contributed by atoms with Crippen LogP contribution in [0.25, 0.3) is 0 Å². The van der Waals surface area contributed by atoms with Crippen LogP contribution in [0.4, 0.5) is 11.4 Å². The van der Waals surface area contributed by atoms with E-state index in [0.29, 0.717) is 5.75 Å². The Hall–Kier alpha value is -2.96. The Balaban J connectivity index is 1.66. The Kier molecular flexibility index (Phi) is 4.69. The van der Waals surface area contributed by atoms with Gasteiger partial charge in [0.25, 0.3) is 11.6 Å². The molecule has 1 N–H and O–H groups in total. The number of aromatic nitrogens is 1. The Labute approximate surface area is 138 Å². The van der Waals surface area contributed by atoms with Crippen LogP contribution in [0.2, 0.25) is 0 Å². The van der Waals surface area contributed by atoms with E-state index in [9.17, 15) is 14.9 Å². The summed E-state index contributed by atoms with van der Waals surface area (Å²) in [4.78, 5) is 26.8. The van der Waals surface area contributed by atoms with Crippen molar-refractivity contribution in [3.05, 3.63) is 57.9 Å². The number of para-hydroxylation sites is 2. The molecule has 0 bridgehead atoms. The second kappa shape index (κ2) is 7.08. The number of nitro groups is 1. The molecule has 1 aliphatic rings. The molecule has 1 amide bonds. The van der Waals surface area contributed by atoms with Gasteiger partial charge in [0.1, 0.15) is 11.4 Å². The standard InChI is InChI=1S/C17H17N3O4/c21-17(19-14-7-3-4-8-15(14)20(22)23)11-24-16-9-10-18-13-6-2-1-5-12(13)16/h3-4,7-10H,1-2,5-6,11H2,(H,19,21). The van der Waals surface area contributed by atoms with Crippen LogP contribution in [-0.4, -0.2) is 22.4 Å². The van der Waals surface area contributed by atoms with Crippen molar-refractivity contribution in [1.82, 2.24) is 4.98 Å². The van der Waals surface area contributed by atoms with Gasteiger partial charge in [-0.25, -0.2) is 0 Å². The second-order valence-electron chi connectivity index (χ2n) is 5.55. The monoisotopic (exact) mass is 327 g/mol. The molecule has 0 fully saturated rings. The minimum absolute atomic E-state index is 0.146. The number of pyridine rings is 1. The van der Waals surface area contributed by atoms with E-state index in [4.69, 9.17) is 4.74 Å². The van der Waals surface area contributed by atoms with Crippen molar-refractivity contribution < 1.29 is 14.5 Å². The topological polar surface area (TPSA) is 94.4 Å². The molecular formula is C17H17N3O4. The third-order valence-corrected chi connectivity index (χ3v) is 3.93. The first-order chi connectivity index (χ1) is 11.6. The number of carbonyl (C=O) groups excluding carboxylic acids is 1. The zero-order chi connectivity index (χ0) is 16.9. The highest BCUT2D eigenvalue weighted by molar-refractivity contribution is 5.94. The summed E-state index contributed by atoms with van der Waals surface area (Å²) >= 11 is 0. The number of amides is 1. The highest BCUT2D eigenvalue weighted by atomic mass is 16.6. The number of carbonyl (C=O) groups is 1. The number of aryl methyl sites for hydroxylation is 1. The molecule has 0 aliphatic heterocycles. The van der Waals surface area contributed by atoms with Crippen LogP contribution in [0.1, 0.15) is 24.1 Å². The van der Waals surface area contributed by atoms with Crippen LogP contribution in [0.3, 0.4) is 0 Å². The van der Waals surface area contributed by atoms with E-state index in [1.807, 2.05) is 0 Å². The van der Waals surface area contributed by atoms with E-state index in [-0.39, 0.29) is 18.0 Å². The number of hydrogen-bond acceptors (Lipinski definition) is 5. The van der Waals surface area contributed by atoms with Crippen molar-refractivity contribution in [3.63, 3.8) is 0 Å². The molecule has 124 valence electrons. The van der Waals surface area contributed by atoms with Gasteiger partial charge in [0.05, 0.1) is 4.92 Å². The van der Waals surface area contributed by atoms with Crippen LogP contribution in [0, 0.1) is 10.1 Å². The highest BCUT2D eigenvalue weighted by Gasteiger charge is 2.17. The number of fused-ring (bicyclic) bond motifs is 1. The van der Waals surface area contributed by atoms with Crippen LogP contribution < -0.4 is 10.1 Å². The van der Waals surface area contributed by atoms with E-state index in [0.717, 1.165) is 36.9 Å². The van der Waals surface area contributed by atoms with Gasteiger partial charge in [-0.05, 0) is 37.8 Å². The summed E-state index contributed by atoms with van der Waals surface area (Å²) in [5.74, 6) is 0.225. The van der Waals surface area contributed by atoms with E-state index in [1.54, 1.807) is 24.4 Å². The maximum atomic E-state index is 12.1. The number of anilines is 1. The lowest BCUT2D eigenvalue weighted by molar-refractivity contribution is -0.383. The van der Waals surface area contributed by atoms with Crippen LogP contribution in [-0.2, 0) is 17.6 Å². The number of nitrogens with zero attached hydrogens (tertiary/aromatic N) is 2. The molecule has 1 aliphatic carbocycles. The molecule has 0 unspecified atom stereocenters. The van der Waals surface area contributed by atoms with Crippen molar-refractivity contribution in [1.29, 1.82) is 0 Å². The molecule has 0 atom stereocenters. The van der Waals surface area contributed by atoms with E-state index >= 15 is 0 Å². The van der Waals surface area contributed by atoms with Gasteiger partial charge in [0.15, 0.2) is 6.61 Å². The van der Waals surface area contributed by atoms with Crippen molar-refractivity contribution in [3.8, 4) is 5.75 Å². The fraction of sp³-hybridized carbons (Fsp3) is 0.294.